The lowest BCUT2D eigenvalue weighted by Crippen LogP contribution is -2.13. The number of nitrogens with zero attached hydrogens (tertiary/aromatic N) is 3. The van der Waals surface area contributed by atoms with Gasteiger partial charge in [0.1, 0.15) is 5.69 Å². The quantitative estimate of drug-likeness (QED) is 0.293. The molecule has 12 heavy (non-hydrogen) atoms. The molecular weight excluding hydrogens is 156 g/mol. The fraction of sp³-hybridized carbons (Fsp3) is 0.429. The van der Waals surface area contributed by atoms with E-state index in [0.717, 1.165) is 0 Å². The highest BCUT2D eigenvalue weighted by Gasteiger charge is 2.04. The lowest BCUT2D eigenvalue weighted by molar-refractivity contribution is 0.318. The molecule has 1 aromatic rings. The first kappa shape index (κ1) is 8.58. The number of hydrogen-bond acceptors (Lipinski definition) is 3. The molecule has 5 nitrogen and oxygen atoms in total. The summed E-state index contributed by atoms with van der Waals surface area (Å²) < 4.78 is 1.88. The summed E-state index contributed by atoms with van der Waals surface area (Å²) in [5, 5.41) is 11.2. The van der Waals surface area contributed by atoms with Gasteiger partial charge in [-0.15, -0.1) is 0 Å². The highest BCUT2D eigenvalue weighted by atomic mass is 16.4. The molecule has 1 rings (SSSR count). The maximum absolute atomic E-state index is 8.35. The molecule has 0 radical (unpaired) electrons. The lowest BCUT2D eigenvalue weighted by Gasteiger charge is -2.03. The summed E-state index contributed by atoms with van der Waals surface area (Å²) in [6.07, 6.45) is 3.39. The van der Waals surface area contributed by atoms with Crippen molar-refractivity contribution >= 4 is 5.84 Å². The predicted molar refractivity (Wildman–Crippen MR) is 45.1 cm³/mol. The van der Waals surface area contributed by atoms with E-state index in [0.29, 0.717) is 11.7 Å². The van der Waals surface area contributed by atoms with Crippen molar-refractivity contribution in [3.05, 3.63) is 18.2 Å². The van der Waals surface area contributed by atoms with Gasteiger partial charge in [0.15, 0.2) is 5.84 Å². The Bertz CT molecular complexity index is 289. The normalized spacial score (nSPS) is 12.4. The van der Waals surface area contributed by atoms with Crippen molar-refractivity contribution in [1.82, 2.24) is 9.55 Å². The molecule has 0 aliphatic rings. The third-order valence-electron chi connectivity index (χ3n) is 1.57. The van der Waals surface area contributed by atoms with Gasteiger partial charge < -0.3 is 15.5 Å². The molecule has 0 aliphatic heterocycles. The van der Waals surface area contributed by atoms with Gasteiger partial charge in [0.2, 0.25) is 0 Å². The first-order valence-corrected chi connectivity index (χ1v) is 3.66. The maximum atomic E-state index is 8.35. The van der Waals surface area contributed by atoms with Crippen molar-refractivity contribution in [3.8, 4) is 0 Å². The van der Waals surface area contributed by atoms with E-state index in [2.05, 4.69) is 10.1 Å². The zero-order valence-corrected chi connectivity index (χ0v) is 7.10. The Balaban J connectivity index is 2.92. The van der Waals surface area contributed by atoms with Crippen LogP contribution in [-0.2, 0) is 0 Å². The van der Waals surface area contributed by atoms with E-state index in [1.54, 1.807) is 12.5 Å². The molecule has 0 spiro atoms. The second-order valence-corrected chi connectivity index (χ2v) is 2.79. The summed E-state index contributed by atoms with van der Waals surface area (Å²) in [5.41, 5.74) is 5.82. The Labute approximate surface area is 70.5 Å². The highest BCUT2D eigenvalue weighted by Crippen LogP contribution is 2.04. The van der Waals surface area contributed by atoms with E-state index < -0.39 is 0 Å². The van der Waals surface area contributed by atoms with Gasteiger partial charge >= 0.3 is 0 Å². The minimum Gasteiger partial charge on any atom is -0.409 e. The number of amidine groups is 1. The molecule has 0 bridgehead atoms. The topological polar surface area (TPSA) is 76.4 Å². The third kappa shape index (κ3) is 1.55. The molecule has 5 heteroatoms. The second-order valence-electron chi connectivity index (χ2n) is 2.79. The lowest BCUT2D eigenvalue weighted by atomic mass is 10.4. The molecular formula is C7H12N4O. The molecule has 1 heterocycles. The summed E-state index contributed by atoms with van der Waals surface area (Å²) in [6.45, 7) is 4.05. The first-order chi connectivity index (χ1) is 5.65. The second kappa shape index (κ2) is 3.25. The summed E-state index contributed by atoms with van der Waals surface area (Å²) >= 11 is 0. The van der Waals surface area contributed by atoms with E-state index in [9.17, 15) is 0 Å². The van der Waals surface area contributed by atoms with E-state index >= 15 is 0 Å². The van der Waals surface area contributed by atoms with Gasteiger partial charge in [0.25, 0.3) is 0 Å². The van der Waals surface area contributed by atoms with Gasteiger partial charge in [-0.2, -0.15) is 0 Å². The maximum Gasteiger partial charge on any atom is 0.190 e. The molecule has 0 amide bonds. The first-order valence-electron chi connectivity index (χ1n) is 3.66. The van der Waals surface area contributed by atoms with Gasteiger partial charge in [-0.3, -0.25) is 0 Å². The van der Waals surface area contributed by atoms with E-state index in [-0.39, 0.29) is 5.84 Å². The van der Waals surface area contributed by atoms with Crippen LogP contribution in [0.15, 0.2) is 17.7 Å². The van der Waals surface area contributed by atoms with E-state index in [1.807, 2.05) is 18.4 Å². The van der Waals surface area contributed by atoms with Crippen LogP contribution in [0.2, 0.25) is 0 Å². The Kier molecular flexibility index (Phi) is 2.32. The van der Waals surface area contributed by atoms with Gasteiger partial charge in [-0.25, -0.2) is 4.98 Å². The fourth-order valence-electron chi connectivity index (χ4n) is 0.803. The zero-order valence-electron chi connectivity index (χ0n) is 7.10. The van der Waals surface area contributed by atoms with Gasteiger partial charge in [-0.05, 0) is 13.8 Å². The zero-order chi connectivity index (χ0) is 9.14. The largest absolute Gasteiger partial charge is 0.409 e. The Hall–Kier alpha value is -1.52. The number of rotatable bonds is 2. The minimum absolute atomic E-state index is 0.0365. The summed E-state index contributed by atoms with van der Waals surface area (Å²) in [5.74, 6) is 0.0365. The summed E-state index contributed by atoms with van der Waals surface area (Å²) in [7, 11) is 0. The van der Waals surface area contributed by atoms with Crippen molar-refractivity contribution in [2.45, 2.75) is 19.9 Å². The van der Waals surface area contributed by atoms with Crippen LogP contribution in [0.5, 0.6) is 0 Å². The van der Waals surface area contributed by atoms with Crippen molar-refractivity contribution < 1.29 is 5.21 Å². The molecule has 66 valence electrons. The Morgan fingerprint density at radius 2 is 2.42 bits per heavy atom. The standard InChI is InChI=1S/C7H12N4O/c1-5(2)11-3-6(9-4-11)7(8)10-12/h3-5,12H,1-2H3,(H2,8,10). The number of hydrogen-bond donors (Lipinski definition) is 2. The third-order valence-corrected chi connectivity index (χ3v) is 1.57. The van der Waals surface area contributed by atoms with Gasteiger partial charge in [0, 0.05) is 12.2 Å². The van der Waals surface area contributed by atoms with E-state index in [1.165, 1.54) is 0 Å². The molecule has 0 saturated carbocycles. The summed E-state index contributed by atoms with van der Waals surface area (Å²) in [6, 6.07) is 0.331. The van der Waals surface area contributed by atoms with Crippen LogP contribution in [0.4, 0.5) is 0 Å². The van der Waals surface area contributed by atoms with Crippen LogP contribution in [0.25, 0.3) is 0 Å². The molecule has 0 fully saturated rings. The minimum atomic E-state index is 0.0365. The van der Waals surface area contributed by atoms with Crippen LogP contribution in [0.1, 0.15) is 25.6 Å². The summed E-state index contributed by atoms with van der Waals surface area (Å²) in [4.78, 5) is 3.96. The van der Waals surface area contributed by atoms with E-state index in [4.69, 9.17) is 10.9 Å². The van der Waals surface area contributed by atoms with Crippen molar-refractivity contribution in [3.63, 3.8) is 0 Å². The highest BCUT2D eigenvalue weighted by molar-refractivity contribution is 5.94. The Morgan fingerprint density at radius 3 is 2.83 bits per heavy atom. The Morgan fingerprint density at radius 1 is 1.75 bits per heavy atom. The molecule has 1 aromatic heterocycles. The van der Waals surface area contributed by atoms with Gasteiger partial charge in [0.05, 0.1) is 6.33 Å². The number of oxime groups is 1. The molecule has 0 unspecified atom stereocenters. The van der Waals surface area contributed by atoms with Crippen molar-refractivity contribution in [2.75, 3.05) is 0 Å². The molecule has 0 aromatic carbocycles. The molecule has 3 N–H and O–H groups in total. The average Bonchev–Trinajstić information content (AvgIpc) is 2.51. The predicted octanol–water partition coefficient (Wildman–Crippen LogP) is 0.559. The van der Waals surface area contributed by atoms with Gasteiger partial charge in [-0.1, -0.05) is 5.16 Å². The van der Waals surface area contributed by atoms with Crippen molar-refractivity contribution in [2.24, 2.45) is 10.9 Å². The van der Waals surface area contributed by atoms with Crippen LogP contribution >= 0.6 is 0 Å². The number of imidazole rings is 1. The molecule has 0 atom stereocenters. The van der Waals surface area contributed by atoms with Crippen LogP contribution in [0.3, 0.4) is 0 Å². The molecule has 0 aliphatic carbocycles. The fourth-order valence-corrected chi connectivity index (χ4v) is 0.803. The number of aromatic nitrogens is 2. The number of nitrogens with two attached hydrogens (primary N) is 1. The molecule has 0 saturated heterocycles. The van der Waals surface area contributed by atoms with Crippen LogP contribution in [-0.4, -0.2) is 20.6 Å². The van der Waals surface area contributed by atoms with Crippen molar-refractivity contribution in [1.29, 1.82) is 0 Å². The van der Waals surface area contributed by atoms with Crippen LogP contribution < -0.4 is 5.73 Å². The van der Waals surface area contributed by atoms with Crippen LogP contribution in [0, 0.1) is 0 Å². The smallest absolute Gasteiger partial charge is 0.190 e. The monoisotopic (exact) mass is 168 g/mol. The SMILES string of the molecule is CC(C)n1cnc(/C(N)=N\O)c1. The average molecular weight is 168 g/mol.